The third kappa shape index (κ3) is 3.14. The molecule has 8 heteroatoms. The number of nitrogens with zero attached hydrogens (tertiary/aromatic N) is 5. The van der Waals surface area contributed by atoms with Gasteiger partial charge in [0.15, 0.2) is 11.2 Å². The minimum absolute atomic E-state index is 0.153. The van der Waals surface area contributed by atoms with Crippen molar-refractivity contribution >= 4 is 28.3 Å². The molecule has 0 unspecified atom stereocenters. The van der Waals surface area contributed by atoms with Crippen LogP contribution in [0.5, 0.6) is 0 Å². The van der Waals surface area contributed by atoms with Crippen LogP contribution in [0.25, 0.3) is 33.5 Å². The summed E-state index contributed by atoms with van der Waals surface area (Å²) in [5.41, 5.74) is 5.14. The van der Waals surface area contributed by atoms with Crippen molar-refractivity contribution in [3.05, 3.63) is 82.9 Å². The molecule has 1 N–H and O–H groups in total. The lowest BCUT2D eigenvalue weighted by atomic mass is 10.1. The Kier molecular flexibility index (Phi) is 4.32. The van der Waals surface area contributed by atoms with Crippen molar-refractivity contribution < 1.29 is 4.79 Å². The number of rotatable bonds is 3. The van der Waals surface area contributed by atoms with Crippen molar-refractivity contribution in [2.45, 2.75) is 13.8 Å². The van der Waals surface area contributed by atoms with Gasteiger partial charge in [-0.25, -0.2) is 4.52 Å². The molecule has 0 atom stereocenters. The highest BCUT2D eigenvalue weighted by molar-refractivity contribution is 5.88. The fraction of sp³-hybridized carbons (Fsp3) is 0.0870. The molecule has 0 aliphatic carbocycles. The summed E-state index contributed by atoms with van der Waals surface area (Å²) in [5.74, 6) is -0.153. The van der Waals surface area contributed by atoms with Gasteiger partial charge in [-0.05, 0) is 42.8 Å². The molecule has 31 heavy (non-hydrogen) atoms. The molecule has 152 valence electrons. The molecule has 0 saturated heterocycles. The van der Waals surface area contributed by atoms with Gasteiger partial charge < -0.3 is 5.32 Å². The number of carbonyl (C=O) groups is 1. The fourth-order valence-electron chi connectivity index (χ4n) is 3.71. The van der Waals surface area contributed by atoms with Crippen LogP contribution in [0.4, 0.5) is 5.69 Å². The van der Waals surface area contributed by atoms with Gasteiger partial charge in [-0.2, -0.15) is 5.10 Å². The molecular weight excluding hydrogens is 392 g/mol. The Balaban J connectivity index is 1.65. The van der Waals surface area contributed by atoms with E-state index in [1.165, 1.54) is 11.5 Å². The van der Waals surface area contributed by atoms with Gasteiger partial charge in [0.1, 0.15) is 5.52 Å². The predicted molar refractivity (Wildman–Crippen MR) is 118 cm³/mol. The van der Waals surface area contributed by atoms with Crippen molar-refractivity contribution in [3.8, 4) is 16.8 Å². The first-order valence-corrected chi connectivity index (χ1v) is 9.74. The van der Waals surface area contributed by atoms with Crippen molar-refractivity contribution in [1.82, 2.24) is 24.4 Å². The number of carbonyl (C=O) groups excluding carboxylic acids is 1. The Morgan fingerprint density at radius 1 is 0.968 bits per heavy atom. The number of pyridine rings is 1. The van der Waals surface area contributed by atoms with Crippen LogP contribution in [0.3, 0.4) is 0 Å². The van der Waals surface area contributed by atoms with E-state index in [1.54, 1.807) is 41.0 Å². The third-order valence-electron chi connectivity index (χ3n) is 5.08. The van der Waals surface area contributed by atoms with E-state index in [0.29, 0.717) is 22.5 Å². The minimum Gasteiger partial charge on any atom is -0.326 e. The molecule has 0 fully saturated rings. The van der Waals surface area contributed by atoms with E-state index in [1.807, 2.05) is 37.3 Å². The molecule has 2 aromatic carbocycles. The monoisotopic (exact) mass is 410 g/mol. The van der Waals surface area contributed by atoms with E-state index in [2.05, 4.69) is 20.6 Å². The summed E-state index contributed by atoms with van der Waals surface area (Å²) in [5, 5.41) is 15.9. The smallest absolute Gasteiger partial charge is 0.285 e. The Bertz CT molecular complexity index is 1500. The molecule has 1 amide bonds. The van der Waals surface area contributed by atoms with Gasteiger partial charge in [0.25, 0.3) is 5.56 Å². The number of hydrogen-bond donors (Lipinski definition) is 1. The third-order valence-corrected chi connectivity index (χ3v) is 5.08. The van der Waals surface area contributed by atoms with Crippen molar-refractivity contribution in [3.63, 3.8) is 0 Å². The van der Waals surface area contributed by atoms with Gasteiger partial charge in [0.05, 0.1) is 11.3 Å². The summed E-state index contributed by atoms with van der Waals surface area (Å²) in [7, 11) is 0. The maximum Gasteiger partial charge on any atom is 0.285 e. The summed E-state index contributed by atoms with van der Waals surface area (Å²) >= 11 is 0. The quantitative estimate of drug-likeness (QED) is 0.492. The van der Waals surface area contributed by atoms with Crippen LogP contribution in [0.15, 0.2) is 71.7 Å². The second-order valence-corrected chi connectivity index (χ2v) is 7.21. The zero-order valence-electron chi connectivity index (χ0n) is 16.9. The summed E-state index contributed by atoms with van der Waals surface area (Å²) in [6.45, 7) is 3.36. The number of aryl methyl sites for hydroxylation is 1. The number of amides is 1. The van der Waals surface area contributed by atoms with Gasteiger partial charge in [-0.3, -0.25) is 14.2 Å². The van der Waals surface area contributed by atoms with Crippen molar-refractivity contribution in [1.29, 1.82) is 0 Å². The second-order valence-electron chi connectivity index (χ2n) is 7.21. The summed E-state index contributed by atoms with van der Waals surface area (Å²) in [4.78, 5) is 24.3. The molecule has 8 nitrogen and oxygen atoms in total. The Morgan fingerprint density at radius 3 is 2.42 bits per heavy atom. The van der Waals surface area contributed by atoms with Gasteiger partial charge in [-0.15, -0.1) is 10.2 Å². The van der Waals surface area contributed by atoms with E-state index in [0.717, 1.165) is 16.8 Å². The zero-order valence-corrected chi connectivity index (χ0v) is 16.9. The number of aromatic nitrogens is 5. The maximum absolute atomic E-state index is 13.1. The zero-order chi connectivity index (χ0) is 21.5. The maximum atomic E-state index is 13.1. The van der Waals surface area contributed by atoms with Crippen molar-refractivity contribution in [2.24, 2.45) is 0 Å². The number of anilines is 1. The Morgan fingerprint density at radius 2 is 1.71 bits per heavy atom. The number of hydrogen-bond acceptors (Lipinski definition) is 5. The van der Waals surface area contributed by atoms with E-state index >= 15 is 0 Å². The molecule has 0 spiro atoms. The molecule has 3 heterocycles. The van der Waals surface area contributed by atoms with Gasteiger partial charge in [-0.1, -0.05) is 30.3 Å². The van der Waals surface area contributed by atoms with Crippen LogP contribution in [-0.2, 0) is 4.79 Å². The first-order valence-electron chi connectivity index (χ1n) is 9.74. The lowest BCUT2D eigenvalue weighted by Crippen LogP contribution is -2.20. The normalized spacial score (nSPS) is 11.2. The van der Waals surface area contributed by atoms with Crippen LogP contribution in [-0.4, -0.2) is 30.3 Å². The lowest BCUT2D eigenvalue weighted by molar-refractivity contribution is -0.114. The minimum atomic E-state index is -0.298. The average Bonchev–Trinajstić information content (AvgIpc) is 3.11. The van der Waals surface area contributed by atoms with Crippen LogP contribution in [0, 0.1) is 6.92 Å². The molecule has 0 aliphatic heterocycles. The molecule has 0 radical (unpaired) electrons. The summed E-state index contributed by atoms with van der Waals surface area (Å²) in [6.07, 6.45) is 1.69. The number of benzene rings is 2. The van der Waals surface area contributed by atoms with Crippen LogP contribution >= 0.6 is 0 Å². The highest BCUT2D eigenvalue weighted by Gasteiger charge is 2.17. The standard InChI is InChI=1S/C23H18N6O2/c1-14-20(16-6-4-3-5-7-16)22-26-25-21-19(29(22)27-14)12-13-28(23(21)31)18-10-8-17(9-11-18)24-15(2)30/h3-13H,1-2H3,(H,24,30). The van der Waals surface area contributed by atoms with Gasteiger partial charge in [0.2, 0.25) is 5.91 Å². The number of nitrogens with one attached hydrogen (secondary N) is 1. The number of fused-ring (bicyclic) bond motifs is 3. The molecular formula is C23H18N6O2. The molecule has 0 saturated carbocycles. The van der Waals surface area contributed by atoms with E-state index < -0.39 is 0 Å². The first-order chi connectivity index (χ1) is 15.0. The summed E-state index contributed by atoms with van der Waals surface area (Å²) in [6, 6.07) is 18.7. The molecule has 3 aromatic heterocycles. The Labute approximate surface area is 176 Å². The van der Waals surface area contributed by atoms with Crippen LogP contribution in [0.1, 0.15) is 12.6 Å². The molecule has 5 aromatic rings. The molecule has 0 bridgehead atoms. The van der Waals surface area contributed by atoms with Gasteiger partial charge in [0, 0.05) is 24.5 Å². The topological polar surface area (TPSA) is 94.2 Å². The fourth-order valence-corrected chi connectivity index (χ4v) is 3.71. The SMILES string of the molecule is CC(=O)Nc1ccc(-n2ccc3c(nnc4c(-c5ccccc5)c(C)nn43)c2=O)cc1. The summed E-state index contributed by atoms with van der Waals surface area (Å²) < 4.78 is 3.17. The highest BCUT2D eigenvalue weighted by atomic mass is 16.1. The van der Waals surface area contributed by atoms with E-state index in [4.69, 9.17) is 0 Å². The lowest BCUT2D eigenvalue weighted by Gasteiger charge is -2.09. The first kappa shape index (κ1) is 18.7. The molecule has 5 rings (SSSR count). The van der Waals surface area contributed by atoms with E-state index in [9.17, 15) is 9.59 Å². The van der Waals surface area contributed by atoms with Crippen LogP contribution in [0.2, 0.25) is 0 Å². The predicted octanol–water partition coefficient (Wildman–Crippen LogP) is 3.36. The largest absolute Gasteiger partial charge is 0.326 e. The van der Waals surface area contributed by atoms with Gasteiger partial charge >= 0.3 is 0 Å². The van der Waals surface area contributed by atoms with E-state index in [-0.39, 0.29) is 17.0 Å². The second kappa shape index (κ2) is 7.17. The van der Waals surface area contributed by atoms with Crippen molar-refractivity contribution in [2.75, 3.05) is 5.32 Å². The average molecular weight is 410 g/mol. The highest BCUT2D eigenvalue weighted by Crippen LogP contribution is 2.27. The Hall–Kier alpha value is -4.33. The molecule has 0 aliphatic rings. The van der Waals surface area contributed by atoms with Crippen LogP contribution < -0.4 is 10.9 Å².